The number of hydrogen-bond acceptors (Lipinski definition) is 4. The number of aryl methyl sites for hydroxylation is 1. The number of nitrogen functional groups attached to an aromatic ring is 1. The van der Waals surface area contributed by atoms with Gasteiger partial charge in [0.2, 0.25) is 0 Å². The summed E-state index contributed by atoms with van der Waals surface area (Å²) in [5.74, 6) is 0. The Hall–Kier alpha value is -0.970. The molecule has 0 radical (unpaired) electrons. The molecule has 0 aromatic heterocycles. The highest BCUT2D eigenvalue weighted by atomic mass is 35.5. The van der Waals surface area contributed by atoms with Gasteiger partial charge < -0.3 is 21.1 Å². The molecular formula is C13H22ClN3O. The van der Waals surface area contributed by atoms with Crippen LogP contribution in [0.15, 0.2) is 12.1 Å². The highest BCUT2D eigenvalue weighted by molar-refractivity contribution is 6.33. The van der Waals surface area contributed by atoms with Gasteiger partial charge in [-0.1, -0.05) is 11.6 Å². The molecule has 4 N–H and O–H groups in total. The van der Waals surface area contributed by atoms with Gasteiger partial charge in [-0.2, -0.15) is 0 Å². The van der Waals surface area contributed by atoms with Crippen LogP contribution in [0, 0.1) is 6.92 Å². The minimum Gasteiger partial charge on any atom is -0.398 e. The van der Waals surface area contributed by atoms with Crippen LogP contribution in [0.2, 0.25) is 5.02 Å². The Labute approximate surface area is 114 Å². The number of likely N-dealkylation sites (N-methyl/N-ethyl adjacent to an activating group) is 1. The maximum Gasteiger partial charge on any atom is 0.0917 e. The molecule has 1 rings (SSSR count). The van der Waals surface area contributed by atoms with Crippen molar-refractivity contribution in [3.63, 3.8) is 0 Å². The molecule has 0 spiro atoms. The molecule has 4 nitrogen and oxygen atoms in total. The summed E-state index contributed by atoms with van der Waals surface area (Å²) in [7, 11) is 3.86. The first-order valence-electron chi connectivity index (χ1n) is 5.88. The number of halogens is 1. The SMILES string of the molecule is Cc1cc(N)c(Cl)cc1NCC(C)(O)CN(C)C. The number of aliphatic hydroxyl groups is 1. The van der Waals surface area contributed by atoms with E-state index in [-0.39, 0.29) is 0 Å². The highest BCUT2D eigenvalue weighted by Gasteiger charge is 2.21. The lowest BCUT2D eigenvalue weighted by Crippen LogP contribution is -2.43. The van der Waals surface area contributed by atoms with E-state index in [1.54, 1.807) is 13.0 Å². The zero-order valence-corrected chi connectivity index (χ0v) is 12.2. The number of benzene rings is 1. The van der Waals surface area contributed by atoms with E-state index in [0.29, 0.717) is 23.8 Å². The Morgan fingerprint density at radius 3 is 2.61 bits per heavy atom. The van der Waals surface area contributed by atoms with Crippen molar-refractivity contribution in [2.24, 2.45) is 0 Å². The fraction of sp³-hybridized carbons (Fsp3) is 0.538. The van der Waals surface area contributed by atoms with Crippen molar-refractivity contribution >= 4 is 23.0 Å². The van der Waals surface area contributed by atoms with Crippen molar-refractivity contribution in [3.8, 4) is 0 Å². The third-order valence-electron chi connectivity index (χ3n) is 2.66. The first-order chi connectivity index (χ1) is 8.21. The van der Waals surface area contributed by atoms with E-state index in [1.165, 1.54) is 0 Å². The van der Waals surface area contributed by atoms with Crippen LogP contribution in [0.25, 0.3) is 0 Å². The molecule has 1 aromatic rings. The summed E-state index contributed by atoms with van der Waals surface area (Å²) < 4.78 is 0. The predicted octanol–water partition coefficient (Wildman–Crippen LogP) is 1.96. The van der Waals surface area contributed by atoms with Gasteiger partial charge in [0.15, 0.2) is 0 Å². The average molecular weight is 272 g/mol. The van der Waals surface area contributed by atoms with Gasteiger partial charge in [-0.3, -0.25) is 0 Å². The summed E-state index contributed by atoms with van der Waals surface area (Å²) in [6, 6.07) is 3.61. The minimum atomic E-state index is -0.802. The normalized spacial score (nSPS) is 14.6. The summed E-state index contributed by atoms with van der Waals surface area (Å²) in [5, 5.41) is 13.9. The lowest BCUT2D eigenvalue weighted by atomic mass is 10.1. The van der Waals surface area contributed by atoms with Crippen LogP contribution in [0.5, 0.6) is 0 Å². The summed E-state index contributed by atoms with van der Waals surface area (Å²) in [5.41, 5.74) is 7.40. The van der Waals surface area contributed by atoms with Crippen molar-refractivity contribution in [3.05, 3.63) is 22.7 Å². The minimum absolute atomic E-state index is 0.451. The Bertz CT molecular complexity index is 419. The first kappa shape index (κ1) is 15.1. The molecule has 1 aromatic carbocycles. The molecule has 1 atom stereocenters. The van der Waals surface area contributed by atoms with E-state index in [0.717, 1.165) is 11.3 Å². The largest absolute Gasteiger partial charge is 0.398 e. The van der Waals surface area contributed by atoms with Crippen LogP contribution >= 0.6 is 11.6 Å². The Kier molecular flexibility index (Phi) is 4.85. The van der Waals surface area contributed by atoms with Gasteiger partial charge in [-0.25, -0.2) is 0 Å². The standard InChI is InChI=1S/C13H22ClN3O/c1-9-5-11(15)10(14)6-12(9)16-7-13(2,18)8-17(3)4/h5-6,16,18H,7-8,15H2,1-4H3. The van der Waals surface area contributed by atoms with E-state index >= 15 is 0 Å². The topological polar surface area (TPSA) is 61.5 Å². The van der Waals surface area contributed by atoms with Crippen LogP contribution in [0.1, 0.15) is 12.5 Å². The number of hydrogen-bond donors (Lipinski definition) is 3. The number of nitrogens with zero attached hydrogens (tertiary/aromatic N) is 1. The van der Waals surface area contributed by atoms with E-state index in [9.17, 15) is 5.11 Å². The quantitative estimate of drug-likeness (QED) is 0.717. The Morgan fingerprint density at radius 2 is 2.06 bits per heavy atom. The van der Waals surface area contributed by atoms with E-state index < -0.39 is 5.60 Å². The highest BCUT2D eigenvalue weighted by Crippen LogP contribution is 2.27. The second-order valence-corrected chi connectivity index (χ2v) is 5.68. The number of anilines is 2. The Balaban J connectivity index is 2.72. The second-order valence-electron chi connectivity index (χ2n) is 5.28. The summed E-state index contributed by atoms with van der Waals surface area (Å²) in [6.45, 7) is 4.79. The van der Waals surface area contributed by atoms with Crippen LogP contribution in [0.3, 0.4) is 0 Å². The molecule has 18 heavy (non-hydrogen) atoms. The van der Waals surface area contributed by atoms with Gasteiger partial charge >= 0.3 is 0 Å². The lowest BCUT2D eigenvalue weighted by Gasteiger charge is -2.28. The zero-order valence-electron chi connectivity index (χ0n) is 11.4. The molecular weight excluding hydrogens is 250 g/mol. The average Bonchev–Trinajstić information content (AvgIpc) is 2.19. The summed E-state index contributed by atoms with van der Waals surface area (Å²) in [6.07, 6.45) is 0. The Morgan fingerprint density at radius 1 is 1.44 bits per heavy atom. The molecule has 0 amide bonds. The maximum absolute atomic E-state index is 10.2. The van der Waals surface area contributed by atoms with Crippen LogP contribution in [0.4, 0.5) is 11.4 Å². The van der Waals surface area contributed by atoms with Gasteiger partial charge in [0.05, 0.1) is 16.3 Å². The third-order valence-corrected chi connectivity index (χ3v) is 2.99. The molecule has 0 heterocycles. The van der Waals surface area contributed by atoms with Crippen LogP contribution in [-0.2, 0) is 0 Å². The van der Waals surface area contributed by atoms with Gasteiger partial charge in [0, 0.05) is 18.8 Å². The molecule has 0 bridgehead atoms. The van der Waals surface area contributed by atoms with Gasteiger partial charge in [0.25, 0.3) is 0 Å². The number of nitrogens with one attached hydrogen (secondary N) is 1. The molecule has 1 unspecified atom stereocenters. The molecule has 0 saturated carbocycles. The summed E-state index contributed by atoms with van der Waals surface area (Å²) in [4.78, 5) is 1.95. The third kappa shape index (κ3) is 4.37. The second kappa shape index (κ2) is 5.78. The summed E-state index contributed by atoms with van der Waals surface area (Å²) >= 11 is 5.98. The van der Waals surface area contributed by atoms with Crippen molar-refractivity contribution < 1.29 is 5.11 Å². The van der Waals surface area contributed by atoms with E-state index in [4.69, 9.17) is 17.3 Å². The maximum atomic E-state index is 10.2. The van der Waals surface area contributed by atoms with Crippen molar-refractivity contribution in [2.45, 2.75) is 19.4 Å². The molecule has 0 saturated heterocycles. The molecule has 5 heteroatoms. The van der Waals surface area contributed by atoms with E-state index in [2.05, 4.69) is 5.32 Å². The monoisotopic (exact) mass is 271 g/mol. The number of nitrogens with two attached hydrogens (primary N) is 1. The molecule has 0 aliphatic rings. The zero-order chi connectivity index (χ0) is 13.9. The van der Waals surface area contributed by atoms with E-state index in [1.807, 2.05) is 32.0 Å². The molecule has 102 valence electrons. The van der Waals surface area contributed by atoms with Crippen molar-refractivity contribution in [2.75, 3.05) is 38.2 Å². The molecule has 0 aliphatic carbocycles. The molecule has 0 aliphatic heterocycles. The van der Waals surface area contributed by atoms with Crippen molar-refractivity contribution in [1.82, 2.24) is 4.90 Å². The van der Waals surface area contributed by atoms with Crippen LogP contribution < -0.4 is 11.1 Å². The van der Waals surface area contributed by atoms with Gasteiger partial charge in [-0.15, -0.1) is 0 Å². The fourth-order valence-electron chi connectivity index (χ4n) is 1.92. The molecule has 0 fully saturated rings. The predicted molar refractivity (Wildman–Crippen MR) is 78.3 cm³/mol. The van der Waals surface area contributed by atoms with Crippen molar-refractivity contribution in [1.29, 1.82) is 0 Å². The van der Waals surface area contributed by atoms with Gasteiger partial charge in [-0.05, 0) is 45.6 Å². The smallest absolute Gasteiger partial charge is 0.0917 e. The van der Waals surface area contributed by atoms with Crippen LogP contribution in [-0.4, -0.2) is 42.8 Å². The first-order valence-corrected chi connectivity index (χ1v) is 6.26. The fourth-order valence-corrected chi connectivity index (χ4v) is 2.08. The number of rotatable bonds is 5. The lowest BCUT2D eigenvalue weighted by molar-refractivity contribution is 0.0460. The van der Waals surface area contributed by atoms with Gasteiger partial charge in [0.1, 0.15) is 0 Å².